The molecule has 0 radical (unpaired) electrons. The van der Waals surface area contributed by atoms with Gasteiger partial charge in [-0.1, -0.05) is 21.5 Å². The summed E-state index contributed by atoms with van der Waals surface area (Å²) in [6.45, 7) is 6.95. The fraction of sp³-hybridized carbons (Fsp3) is 0.526. The third kappa shape index (κ3) is 5.39. The molecule has 1 aliphatic rings. The van der Waals surface area contributed by atoms with Gasteiger partial charge in [-0.15, -0.1) is 0 Å². The van der Waals surface area contributed by atoms with Crippen molar-refractivity contribution in [1.29, 1.82) is 0 Å². The molecule has 0 unspecified atom stereocenters. The number of amides is 1. The van der Waals surface area contributed by atoms with Crippen LogP contribution in [0.2, 0.25) is 0 Å². The predicted octanol–water partition coefficient (Wildman–Crippen LogP) is 4.88. The van der Waals surface area contributed by atoms with Crippen molar-refractivity contribution in [3.05, 3.63) is 27.7 Å². The van der Waals surface area contributed by atoms with E-state index in [9.17, 15) is 4.79 Å². The van der Waals surface area contributed by atoms with Crippen molar-refractivity contribution in [2.75, 3.05) is 27.3 Å². The first-order valence-corrected chi connectivity index (χ1v) is 9.11. The van der Waals surface area contributed by atoms with E-state index in [4.69, 9.17) is 14.2 Å². The normalized spacial score (nSPS) is 15.0. The van der Waals surface area contributed by atoms with Crippen LogP contribution in [0.25, 0.3) is 6.08 Å². The molecule has 1 amide bonds. The Balaban J connectivity index is 2.12. The number of benzene rings is 1. The molecule has 6 heteroatoms. The lowest BCUT2D eigenvalue weighted by Gasteiger charge is -2.31. The molecule has 1 aromatic rings. The number of nitrogens with zero attached hydrogens (tertiary/aromatic N) is 1. The van der Waals surface area contributed by atoms with Gasteiger partial charge >= 0.3 is 6.09 Å². The zero-order chi connectivity index (χ0) is 18.6. The lowest BCUT2D eigenvalue weighted by molar-refractivity contribution is 0.0237. The molecule has 0 atom stereocenters. The van der Waals surface area contributed by atoms with Crippen LogP contribution in [0.3, 0.4) is 0 Å². The standard InChI is InChI=1S/C19H26BrNO4/c1-19(2,3)25-18(22)21-8-6-13(7-9-21)10-15-16(23-4)11-14(20)12-17(15)24-5/h10-12H,6-9H2,1-5H3. The first kappa shape index (κ1) is 19.6. The molecule has 0 N–H and O–H groups in total. The second kappa shape index (κ2) is 8.13. The molecule has 0 bridgehead atoms. The number of ether oxygens (including phenoxy) is 3. The van der Waals surface area contributed by atoms with Crippen LogP contribution in [0.1, 0.15) is 39.2 Å². The minimum absolute atomic E-state index is 0.245. The molecule has 0 spiro atoms. The van der Waals surface area contributed by atoms with E-state index >= 15 is 0 Å². The molecule has 1 aromatic carbocycles. The maximum absolute atomic E-state index is 12.2. The zero-order valence-corrected chi connectivity index (χ0v) is 17.1. The van der Waals surface area contributed by atoms with Crippen molar-refractivity contribution < 1.29 is 19.0 Å². The SMILES string of the molecule is COc1cc(Br)cc(OC)c1C=C1CCN(C(=O)OC(C)(C)C)CC1. The van der Waals surface area contributed by atoms with Crippen molar-refractivity contribution in [2.24, 2.45) is 0 Å². The summed E-state index contributed by atoms with van der Waals surface area (Å²) in [5, 5.41) is 0. The highest BCUT2D eigenvalue weighted by Crippen LogP contribution is 2.36. The van der Waals surface area contributed by atoms with E-state index in [2.05, 4.69) is 22.0 Å². The fourth-order valence-electron chi connectivity index (χ4n) is 2.70. The van der Waals surface area contributed by atoms with Gasteiger partial charge in [-0.25, -0.2) is 4.79 Å². The highest BCUT2D eigenvalue weighted by Gasteiger charge is 2.25. The molecular formula is C19H26BrNO4. The van der Waals surface area contributed by atoms with Crippen molar-refractivity contribution in [2.45, 2.75) is 39.2 Å². The average molecular weight is 412 g/mol. The van der Waals surface area contributed by atoms with Crippen LogP contribution in [-0.2, 0) is 4.74 Å². The van der Waals surface area contributed by atoms with Gasteiger partial charge in [0, 0.05) is 17.6 Å². The first-order chi connectivity index (χ1) is 11.7. The predicted molar refractivity (Wildman–Crippen MR) is 102 cm³/mol. The summed E-state index contributed by atoms with van der Waals surface area (Å²) >= 11 is 3.46. The molecule has 1 heterocycles. The van der Waals surface area contributed by atoms with E-state index in [1.807, 2.05) is 32.9 Å². The summed E-state index contributed by atoms with van der Waals surface area (Å²) in [6, 6.07) is 3.84. The molecule has 138 valence electrons. The number of halogens is 1. The van der Waals surface area contributed by atoms with Gasteiger partial charge in [0.05, 0.1) is 19.8 Å². The third-order valence-corrected chi connectivity index (χ3v) is 4.37. The Morgan fingerprint density at radius 2 is 1.64 bits per heavy atom. The van der Waals surface area contributed by atoms with E-state index in [0.717, 1.165) is 34.4 Å². The zero-order valence-electron chi connectivity index (χ0n) is 15.5. The molecule has 1 saturated heterocycles. The van der Waals surface area contributed by atoms with Crippen LogP contribution < -0.4 is 9.47 Å². The van der Waals surface area contributed by atoms with E-state index < -0.39 is 5.60 Å². The van der Waals surface area contributed by atoms with E-state index in [1.54, 1.807) is 19.1 Å². The number of rotatable bonds is 3. The van der Waals surface area contributed by atoms with Gasteiger partial charge in [0.25, 0.3) is 0 Å². The first-order valence-electron chi connectivity index (χ1n) is 8.32. The van der Waals surface area contributed by atoms with Crippen LogP contribution in [-0.4, -0.2) is 43.9 Å². The summed E-state index contributed by atoms with van der Waals surface area (Å²) < 4.78 is 17.3. The van der Waals surface area contributed by atoms with E-state index in [1.165, 1.54) is 5.57 Å². The maximum atomic E-state index is 12.2. The summed E-state index contributed by atoms with van der Waals surface area (Å²) in [7, 11) is 3.29. The van der Waals surface area contributed by atoms with Gasteiger partial charge in [0.15, 0.2) is 0 Å². The Labute approximate surface area is 158 Å². The lowest BCUT2D eigenvalue weighted by atomic mass is 10.00. The van der Waals surface area contributed by atoms with Crippen molar-refractivity contribution >= 4 is 28.1 Å². The summed E-state index contributed by atoms with van der Waals surface area (Å²) in [5.74, 6) is 1.52. The molecule has 0 saturated carbocycles. The number of piperidine rings is 1. The van der Waals surface area contributed by atoms with Crippen LogP contribution in [0.15, 0.2) is 22.2 Å². The summed E-state index contributed by atoms with van der Waals surface area (Å²) in [6.07, 6.45) is 3.48. The van der Waals surface area contributed by atoms with Crippen LogP contribution in [0.4, 0.5) is 4.79 Å². The molecule has 25 heavy (non-hydrogen) atoms. The van der Waals surface area contributed by atoms with Gasteiger partial charge in [-0.3, -0.25) is 0 Å². The molecule has 1 aliphatic heterocycles. The molecule has 0 aromatic heterocycles. The van der Waals surface area contributed by atoms with Gasteiger partial charge in [0.1, 0.15) is 17.1 Å². The van der Waals surface area contributed by atoms with Crippen molar-refractivity contribution in [3.63, 3.8) is 0 Å². The molecule has 0 aliphatic carbocycles. The minimum atomic E-state index is -0.467. The Morgan fingerprint density at radius 3 is 2.08 bits per heavy atom. The monoisotopic (exact) mass is 411 g/mol. The molecular weight excluding hydrogens is 386 g/mol. The van der Waals surface area contributed by atoms with Crippen molar-refractivity contribution in [3.8, 4) is 11.5 Å². The van der Waals surface area contributed by atoms with Gasteiger partial charge in [0.2, 0.25) is 0 Å². The topological polar surface area (TPSA) is 48.0 Å². The number of hydrogen-bond donors (Lipinski definition) is 0. The summed E-state index contributed by atoms with van der Waals surface area (Å²) in [5.41, 5.74) is 1.72. The maximum Gasteiger partial charge on any atom is 0.410 e. The Morgan fingerprint density at radius 1 is 1.12 bits per heavy atom. The fourth-order valence-corrected chi connectivity index (χ4v) is 3.12. The van der Waals surface area contributed by atoms with E-state index in [0.29, 0.717) is 13.1 Å². The van der Waals surface area contributed by atoms with Gasteiger partial charge in [-0.2, -0.15) is 0 Å². The average Bonchev–Trinajstić information content (AvgIpc) is 2.55. The number of likely N-dealkylation sites (tertiary alicyclic amines) is 1. The van der Waals surface area contributed by atoms with Gasteiger partial charge < -0.3 is 19.1 Å². The smallest absolute Gasteiger partial charge is 0.410 e. The second-order valence-corrected chi connectivity index (χ2v) is 7.91. The summed E-state index contributed by atoms with van der Waals surface area (Å²) in [4.78, 5) is 13.9. The Kier molecular flexibility index (Phi) is 6.38. The Hall–Kier alpha value is -1.69. The minimum Gasteiger partial charge on any atom is -0.496 e. The number of carbonyl (C=O) groups excluding carboxylic acids is 1. The van der Waals surface area contributed by atoms with Crippen LogP contribution >= 0.6 is 15.9 Å². The van der Waals surface area contributed by atoms with Gasteiger partial charge in [-0.05, 0) is 51.8 Å². The number of methoxy groups -OCH3 is 2. The molecule has 1 fully saturated rings. The van der Waals surface area contributed by atoms with Crippen LogP contribution in [0.5, 0.6) is 11.5 Å². The largest absolute Gasteiger partial charge is 0.496 e. The van der Waals surface area contributed by atoms with E-state index in [-0.39, 0.29) is 6.09 Å². The highest BCUT2D eigenvalue weighted by molar-refractivity contribution is 9.10. The van der Waals surface area contributed by atoms with Crippen LogP contribution in [0, 0.1) is 0 Å². The number of hydrogen-bond acceptors (Lipinski definition) is 4. The Bertz CT molecular complexity index is 629. The quantitative estimate of drug-likeness (QED) is 0.710. The van der Waals surface area contributed by atoms with Crippen molar-refractivity contribution in [1.82, 2.24) is 4.90 Å². The third-order valence-electron chi connectivity index (χ3n) is 3.91. The lowest BCUT2D eigenvalue weighted by Crippen LogP contribution is -2.40. The highest BCUT2D eigenvalue weighted by atomic mass is 79.9. The molecule has 5 nitrogen and oxygen atoms in total. The second-order valence-electron chi connectivity index (χ2n) is 6.99. The molecule has 2 rings (SSSR count). The number of carbonyl (C=O) groups is 1.